The number of fused-ring (bicyclic) bond motifs is 1. The standard InChI is InChI=1S/C16H12N2O3/c19-15-7-3-6-14(16(20)21)18(15)10-11-8-9-17-13-5-2-1-4-12(11)13/h1-9H,10H2,(H,20,21). The van der Waals surface area contributed by atoms with Crippen molar-refractivity contribution in [2.24, 2.45) is 0 Å². The second-order valence-electron chi connectivity index (χ2n) is 4.63. The van der Waals surface area contributed by atoms with Gasteiger partial charge in [0.05, 0.1) is 12.1 Å². The molecule has 104 valence electrons. The number of rotatable bonds is 3. The van der Waals surface area contributed by atoms with E-state index < -0.39 is 5.97 Å². The van der Waals surface area contributed by atoms with Crippen molar-refractivity contribution in [2.45, 2.75) is 6.54 Å². The molecule has 1 N–H and O–H groups in total. The monoisotopic (exact) mass is 280 g/mol. The fraction of sp³-hybridized carbons (Fsp3) is 0.0625. The first-order valence-corrected chi connectivity index (χ1v) is 6.42. The van der Waals surface area contributed by atoms with E-state index >= 15 is 0 Å². The van der Waals surface area contributed by atoms with E-state index in [4.69, 9.17) is 0 Å². The molecule has 0 amide bonds. The summed E-state index contributed by atoms with van der Waals surface area (Å²) in [6, 6.07) is 13.6. The number of carboxylic acids is 1. The maximum atomic E-state index is 12.0. The van der Waals surface area contributed by atoms with Crippen molar-refractivity contribution in [1.82, 2.24) is 9.55 Å². The number of benzene rings is 1. The molecular formula is C16H12N2O3. The molecular weight excluding hydrogens is 268 g/mol. The molecule has 0 radical (unpaired) electrons. The van der Waals surface area contributed by atoms with Gasteiger partial charge in [0.1, 0.15) is 5.69 Å². The zero-order valence-electron chi connectivity index (χ0n) is 11.1. The van der Waals surface area contributed by atoms with Gasteiger partial charge in [-0.15, -0.1) is 0 Å². The van der Waals surface area contributed by atoms with Crippen molar-refractivity contribution >= 4 is 16.9 Å². The minimum absolute atomic E-state index is 0.0246. The van der Waals surface area contributed by atoms with E-state index in [2.05, 4.69) is 4.98 Å². The first kappa shape index (κ1) is 13.1. The number of hydrogen-bond acceptors (Lipinski definition) is 3. The van der Waals surface area contributed by atoms with Crippen molar-refractivity contribution in [3.05, 3.63) is 76.3 Å². The summed E-state index contributed by atoms with van der Waals surface area (Å²) < 4.78 is 1.25. The summed E-state index contributed by atoms with van der Waals surface area (Å²) >= 11 is 0. The topological polar surface area (TPSA) is 72.2 Å². The largest absolute Gasteiger partial charge is 0.477 e. The molecule has 0 unspecified atom stereocenters. The van der Waals surface area contributed by atoms with E-state index in [0.717, 1.165) is 16.5 Å². The van der Waals surface area contributed by atoms with Crippen LogP contribution in [0.5, 0.6) is 0 Å². The zero-order chi connectivity index (χ0) is 14.8. The fourth-order valence-electron chi connectivity index (χ4n) is 2.33. The molecule has 3 aromatic rings. The number of aromatic nitrogens is 2. The van der Waals surface area contributed by atoms with Gasteiger partial charge in [0, 0.05) is 17.6 Å². The smallest absolute Gasteiger partial charge is 0.352 e. The second-order valence-corrected chi connectivity index (χ2v) is 4.63. The quantitative estimate of drug-likeness (QED) is 0.797. The highest BCUT2D eigenvalue weighted by Crippen LogP contribution is 2.17. The summed E-state index contributed by atoms with van der Waals surface area (Å²) in [4.78, 5) is 27.5. The third-order valence-corrected chi connectivity index (χ3v) is 3.34. The van der Waals surface area contributed by atoms with E-state index in [1.165, 1.54) is 22.8 Å². The Labute approximate surface area is 120 Å². The summed E-state index contributed by atoms with van der Waals surface area (Å²) in [5.41, 5.74) is 1.31. The van der Waals surface area contributed by atoms with Crippen molar-refractivity contribution in [2.75, 3.05) is 0 Å². The lowest BCUT2D eigenvalue weighted by atomic mass is 10.1. The summed E-state index contributed by atoms with van der Waals surface area (Å²) in [5.74, 6) is -1.12. The average Bonchev–Trinajstić information content (AvgIpc) is 2.49. The second kappa shape index (κ2) is 5.20. The highest BCUT2D eigenvalue weighted by atomic mass is 16.4. The highest BCUT2D eigenvalue weighted by Gasteiger charge is 2.12. The van der Waals surface area contributed by atoms with Gasteiger partial charge in [0.2, 0.25) is 0 Å². The average molecular weight is 280 g/mol. The molecule has 0 aliphatic carbocycles. The Hall–Kier alpha value is -2.95. The summed E-state index contributed by atoms with van der Waals surface area (Å²) in [6.07, 6.45) is 1.66. The van der Waals surface area contributed by atoms with Gasteiger partial charge in [-0.2, -0.15) is 0 Å². The summed E-state index contributed by atoms with van der Waals surface area (Å²) in [6.45, 7) is 0.199. The zero-order valence-corrected chi connectivity index (χ0v) is 11.1. The van der Waals surface area contributed by atoms with Crippen LogP contribution >= 0.6 is 0 Å². The van der Waals surface area contributed by atoms with Crippen LogP contribution in [0.1, 0.15) is 16.1 Å². The molecule has 5 nitrogen and oxygen atoms in total. The Morgan fingerprint density at radius 1 is 1.10 bits per heavy atom. The molecule has 21 heavy (non-hydrogen) atoms. The highest BCUT2D eigenvalue weighted by molar-refractivity contribution is 5.86. The minimum atomic E-state index is -1.12. The van der Waals surface area contributed by atoms with Crippen molar-refractivity contribution in [3.63, 3.8) is 0 Å². The molecule has 0 aliphatic heterocycles. The van der Waals surface area contributed by atoms with Crippen LogP contribution < -0.4 is 5.56 Å². The maximum absolute atomic E-state index is 12.0. The maximum Gasteiger partial charge on any atom is 0.352 e. The first-order chi connectivity index (χ1) is 10.2. The molecule has 2 heterocycles. The van der Waals surface area contributed by atoms with E-state index in [-0.39, 0.29) is 17.8 Å². The number of aromatic carboxylic acids is 1. The SMILES string of the molecule is O=C(O)c1cccc(=O)n1Cc1ccnc2ccccc12. The number of pyridine rings is 2. The molecule has 1 aromatic carbocycles. The van der Waals surface area contributed by atoms with Gasteiger partial charge in [0.15, 0.2) is 0 Å². The van der Waals surface area contributed by atoms with Crippen LogP contribution in [0.25, 0.3) is 10.9 Å². The van der Waals surface area contributed by atoms with Gasteiger partial charge >= 0.3 is 5.97 Å². The molecule has 0 spiro atoms. The predicted molar refractivity (Wildman–Crippen MR) is 78.5 cm³/mol. The molecule has 2 aromatic heterocycles. The van der Waals surface area contributed by atoms with Gasteiger partial charge in [-0.25, -0.2) is 4.79 Å². The van der Waals surface area contributed by atoms with Crippen LogP contribution in [0.2, 0.25) is 0 Å². The lowest BCUT2D eigenvalue weighted by Crippen LogP contribution is -2.25. The summed E-state index contributed by atoms with van der Waals surface area (Å²) in [5, 5.41) is 10.1. The molecule has 5 heteroatoms. The number of para-hydroxylation sites is 1. The molecule has 0 bridgehead atoms. The molecule has 0 saturated heterocycles. The van der Waals surface area contributed by atoms with Gasteiger partial charge in [-0.05, 0) is 23.8 Å². The minimum Gasteiger partial charge on any atom is -0.477 e. The van der Waals surface area contributed by atoms with Gasteiger partial charge in [-0.3, -0.25) is 14.3 Å². The van der Waals surface area contributed by atoms with Crippen molar-refractivity contribution in [3.8, 4) is 0 Å². The predicted octanol–water partition coefficient (Wildman–Crippen LogP) is 2.14. The van der Waals surface area contributed by atoms with Gasteiger partial charge < -0.3 is 5.11 Å². The molecule has 0 fully saturated rings. The van der Waals surface area contributed by atoms with Crippen LogP contribution in [0.4, 0.5) is 0 Å². The lowest BCUT2D eigenvalue weighted by Gasteiger charge is -2.11. The van der Waals surface area contributed by atoms with Crippen LogP contribution in [-0.4, -0.2) is 20.6 Å². The van der Waals surface area contributed by atoms with Crippen molar-refractivity contribution < 1.29 is 9.90 Å². The van der Waals surface area contributed by atoms with Gasteiger partial charge in [0.25, 0.3) is 5.56 Å². The Morgan fingerprint density at radius 2 is 1.90 bits per heavy atom. The normalized spacial score (nSPS) is 10.7. The van der Waals surface area contributed by atoms with Crippen LogP contribution in [0.15, 0.2) is 59.5 Å². The molecule has 0 atom stereocenters. The Balaban J connectivity index is 2.16. The lowest BCUT2D eigenvalue weighted by molar-refractivity contribution is 0.0684. The molecule has 0 aliphatic rings. The number of nitrogens with zero attached hydrogens (tertiary/aromatic N) is 2. The first-order valence-electron chi connectivity index (χ1n) is 6.42. The van der Waals surface area contributed by atoms with E-state index in [1.54, 1.807) is 12.3 Å². The van der Waals surface area contributed by atoms with Crippen LogP contribution in [0, 0.1) is 0 Å². The molecule has 0 saturated carbocycles. The van der Waals surface area contributed by atoms with E-state index in [0.29, 0.717) is 0 Å². The Morgan fingerprint density at radius 3 is 2.71 bits per heavy atom. The Bertz CT molecular complexity index is 879. The van der Waals surface area contributed by atoms with Gasteiger partial charge in [-0.1, -0.05) is 24.3 Å². The summed E-state index contributed by atoms with van der Waals surface area (Å²) in [7, 11) is 0. The van der Waals surface area contributed by atoms with E-state index in [1.807, 2.05) is 24.3 Å². The number of hydrogen-bond donors (Lipinski definition) is 1. The van der Waals surface area contributed by atoms with Crippen molar-refractivity contribution in [1.29, 1.82) is 0 Å². The van der Waals surface area contributed by atoms with E-state index in [9.17, 15) is 14.7 Å². The Kier molecular flexibility index (Phi) is 3.23. The third-order valence-electron chi connectivity index (χ3n) is 3.34. The number of carboxylic acid groups (broad SMARTS) is 1. The number of carbonyl (C=O) groups is 1. The fourth-order valence-corrected chi connectivity index (χ4v) is 2.33. The molecule has 3 rings (SSSR count). The third kappa shape index (κ3) is 2.41. The van der Waals surface area contributed by atoms with Crippen LogP contribution in [0.3, 0.4) is 0 Å². The van der Waals surface area contributed by atoms with Crippen LogP contribution in [-0.2, 0) is 6.54 Å².